The maximum Gasteiger partial charge on any atom is 0.331 e. The monoisotopic (exact) mass is 374 g/mol. The molecule has 5 nitrogen and oxygen atoms in total. The van der Waals surface area contributed by atoms with Gasteiger partial charge in [0.1, 0.15) is 0 Å². The van der Waals surface area contributed by atoms with Crippen LogP contribution < -0.4 is 0 Å². The van der Waals surface area contributed by atoms with Gasteiger partial charge in [-0.3, -0.25) is 0 Å². The van der Waals surface area contributed by atoms with Crippen LogP contribution in [0, 0.1) is 0 Å². The molecule has 0 unspecified atom stereocenters. The molecule has 7 heteroatoms. The van der Waals surface area contributed by atoms with E-state index in [9.17, 15) is 4.79 Å². The van der Waals surface area contributed by atoms with Gasteiger partial charge in [-0.2, -0.15) is 0 Å². The van der Waals surface area contributed by atoms with Crippen molar-refractivity contribution in [1.82, 2.24) is 10.2 Å². The van der Waals surface area contributed by atoms with Gasteiger partial charge in [0.25, 0.3) is 5.89 Å². The molecule has 2 aromatic carbocycles. The second-order valence-corrected chi connectivity index (χ2v) is 5.88. The Hall–Kier alpha value is -2.63. The average Bonchev–Trinajstić information content (AvgIpc) is 3.08. The van der Waals surface area contributed by atoms with E-state index in [1.54, 1.807) is 48.5 Å². The van der Waals surface area contributed by atoms with Crippen molar-refractivity contribution in [1.29, 1.82) is 0 Å². The number of carbonyl (C=O) groups excluding carboxylic acids is 1. The number of esters is 1. The standard InChI is InChI=1S/C18H12Cl2N2O3/c19-14-7-5-13(6-8-14)18-22-21-16(25-18)11-24-17(23)9-4-12-2-1-3-15(20)10-12/h1-10H,11H2/b9-4+. The Kier molecular flexibility index (Phi) is 5.48. The van der Waals surface area contributed by atoms with Crippen molar-refractivity contribution in [2.45, 2.75) is 6.61 Å². The molecule has 3 aromatic rings. The molecule has 1 heterocycles. The first-order valence-electron chi connectivity index (χ1n) is 7.29. The van der Waals surface area contributed by atoms with Gasteiger partial charge in [-0.25, -0.2) is 4.79 Å². The molecule has 0 saturated heterocycles. The number of halogens is 2. The van der Waals surface area contributed by atoms with Crippen LogP contribution in [0.5, 0.6) is 0 Å². The Morgan fingerprint density at radius 3 is 2.64 bits per heavy atom. The Bertz CT molecular complexity index is 905. The molecule has 126 valence electrons. The fourth-order valence-corrected chi connectivity index (χ4v) is 2.30. The van der Waals surface area contributed by atoms with Crippen LogP contribution in [0.3, 0.4) is 0 Å². The summed E-state index contributed by atoms with van der Waals surface area (Å²) in [5, 5.41) is 8.97. The van der Waals surface area contributed by atoms with Crippen LogP contribution >= 0.6 is 23.2 Å². The summed E-state index contributed by atoms with van der Waals surface area (Å²) in [4.78, 5) is 11.7. The zero-order chi connectivity index (χ0) is 17.6. The minimum Gasteiger partial charge on any atom is -0.452 e. The van der Waals surface area contributed by atoms with Gasteiger partial charge < -0.3 is 9.15 Å². The van der Waals surface area contributed by atoms with Crippen LogP contribution in [0.15, 0.2) is 59.0 Å². The molecule has 0 fully saturated rings. The molecule has 0 radical (unpaired) electrons. The summed E-state index contributed by atoms with van der Waals surface area (Å²) in [5.41, 5.74) is 1.53. The topological polar surface area (TPSA) is 65.2 Å². The first kappa shape index (κ1) is 17.2. The molecule has 0 N–H and O–H groups in total. The predicted molar refractivity (Wildman–Crippen MR) is 95.0 cm³/mol. The summed E-state index contributed by atoms with van der Waals surface area (Å²) < 4.78 is 10.5. The van der Waals surface area contributed by atoms with Crippen LogP contribution in [0.4, 0.5) is 0 Å². The molecule has 1 aromatic heterocycles. The molecule has 3 rings (SSSR count). The smallest absolute Gasteiger partial charge is 0.331 e. The van der Waals surface area contributed by atoms with Crippen molar-refractivity contribution in [3.05, 3.63) is 76.1 Å². The van der Waals surface area contributed by atoms with Gasteiger partial charge in [0.05, 0.1) is 0 Å². The van der Waals surface area contributed by atoms with E-state index in [1.807, 2.05) is 6.07 Å². The zero-order valence-corrected chi connectivity index (χ0v) is 14.4. The number of benzene rings is 2. The molecule has 25 heavy (non-hydrogen) atoms. The molecule has 0 aliphatic carbocycles. The van der Waals surface area contributed by atoms with E-state index in [4.69, 9.17) is 32.4 Å². The number of aromatic nitrogens is 2. The van der Waals surface area contributed by atoms with Crippen LogP contribution in [0.2, 0.25) is 10.0 Å². The van der Waals surface area contributed by atoms with E-state index in [0.29, 0.717) is 15.9 Å². The van der Waals surface area contributed by atoms with E-state index in [1.165, 1.54) is 6.08 Å². The van der Waals surface area contributed by atoms with Gasteiger partial charge in [0.2, 0.25) is 5.89 Å². The van der Waals surface area contributed by atoms with Crippen LogP contribution in [-0.2, 0) is 16.1 Å². The second-order valence-electron chi connectivity index (χ2n) is 5.00. The zero-order valence-electron chi connectivity index (χ0n) is 12.9. The van der Waals surface area contributed by atoms with Crippen LogP contribution in [-0.4, -0.2) is 16.2 Å². The largest absolute Gasteiger partial charge is 0.452 e. The van der Waals surface area contributed by atoms with E-state index in [0.717, 1.165) is 11.1 Å². The maximum absolute atomic E-state index is 11.7. The predicted octanol–water partition coefficient (Wildman–Crippen LogP) is 4.80. The van der Waals surface area contributed by atoms with Crippen LogP contribution in [0.25, 0.3) is 17.5 Å². The third kappa shape index (κ3) is 4.92. The average molecular weight is 375 g/mol. The fourth-order valence-electron chi connectivity index (χ4n) is 1.98. The lowest BCUT2D eigenvalue weighted by molar-refractivity contribution is -0.139. The lowest BCUT2D eigenvalue weighted by atomic mass is 10.2. The first-order valence-corrected chi connectivity index (χ1v) is 8.04. The lowest BCUT2D eigenvalue weighted by Crippen LogP contribution is -2.00. The molecule has 0 atom stereocenters. The normalized spacial score (nSPS) is 11.0. The van der Waals surface area contributed by atoms with Gasteiger partial charge in [-0.15, -0.1) is 10.2 Å². The molecule has 0 aliphatic heterocycles. The Balaban J connectivity index is 1.56. The van der Waals surface area contributed by atoms with E-state index in [-0.39, 0.29) is 12.5 Å². The Labute approximate surface area is 153 Å². The van der Waals surface area contributed by atoms with Gasteiger partial charge >= 0.3 is 5.97 Å². The number of carbonyl (C=O) groups is 1. The van der Waals surface area contributed by atoms with E-state index >= 15 is 0 Å². The summed E-state index contributed by atoms with van der Waals surface area (Å²) in [6, 6.07) is 14.1. The third-order valence-corrected chi connectivity index (χ3v) is 3.64. The van der Waals surface area contributed by atoms with Crippen molar-refractivity contribution in [3.8, 4) is 11.5 Å². The van der Waals surface area contributed by atoms with Crippen molar-refractivity contribution in [2.24, 2.45) is 0 Å². The van der Waals surface area contributed by atoms with Crippen molar-refractivity contribution < 1.29 is 13.9 Å². The highest BCUT2D eigenvalue weighted by Gasteiger charge is 2.10. The molecule has 0 spiro atoms. The molecule has 0 aliphatic rings. The number of hydrogen-bond donors (Lipinski definition) is 0. The fraction of sp³-hybridized carbons (Fsp3) is 0.0556. The number of ether oxygens (including phenoxy) is 1. The quantitative estimate of drug-likeness (QED) is 0.473. The molecule has 0 amide bonds. The first-order chi connectivity index (χ1) is 12.1. The number of rotatable bonds is 5. The molecular formula is C18H12Cl2N2O3. The van der Waals surface area contributed by atoms with Crippen molar-refractivity contribution >= 4 is 35.2 Å². The minimum atomic E-state index is -0.522. The molecular weight excluding hydrogens is 363 g/mol. The second kappa shape index (κ2) is 7.96. The summed E-state index contributed by atoms with van der Waals surface area (Å²) in [7, 11) is 0. The van der Waals surface area contributed by atoms with Gasteiger partial charge in [0, 0.05) is 21.7 Å². The van der Waals surface area contributed by atoms with Crippen LogP contribution in [0.1, 0.15) is 11.5 Å². The summed E-state index contributed by atoms with van der Waals surface area (Å²) in [6.07, 6.45) is 2.92. The lowest BCUT2D eigenvalue weighted by Gasteiger charge is -1.98. The maximum atomic E-state index is 11.7. The Morgan fingerprint density at radius 2 is 1.88 bits per heavy atom. The van der Waals surface area contributed by atoms with Crippen molar-refractivity contribution in [2.75, 3.05) is 0 Å². The summed E-state index contributed by atoms with van der Waals surface area (Å²) >= 11 is 11.7. The highest BCUT2D eigenvalue weighted by Crippen LogP contribution is 2.20. The molecule has 0 bridgehead atoms. The van der Waals surface area contributed by atoms with Crippen molar-refractivity contribution in [3.63, 3.8) is 0 Å². The SMILES string of the molecule is O=C(/C=C/c1cccc(Cl)c1)OCc1nnc(-c2ccc(Cl)cc2)o1. The van der Waals surface area contributed by atoms with E-state index in [2.05, 4.69) is 10.2 Å². The van der Waals surface area contributed by atoms with Gasteiger partial charge in [-0.1, -0.05) is 35.3 Å². The number of nitrogens with zero attached hydrogens (tertiary/aromatic N) is 2. The van der Waals surface area contributed by atoms with Gasteiger partial charge in [0.15, 0.2) is 6.61 Å². The molecule has 0 saturated carbocycles. The summed E-state index contributed by atoms with van der Waals surface area (Å²) in [5.74, 6) is 0.0119. The summed E-state index contributed by atoms with van der Waals surface area (Å²) in [6.45, 7) is -0.112. The highest BCUT2D eigenvalue weighted by atomic mass is 35.5. The Morgan fingerprint density at radius 1 is 1.08 bits per heavy atom. The third-order valence-electron chi connectivity index (χ3n) is 3.16. The minimum absolute atomic E-state index is 0.112. The van der Waals surface area contributed by atoms with E-state index < -0.39 is 5.97 Å². The highest BCUT2D eigenvalue weighted by molar-refractivity contribution is 6.31. The number of hydrogen-bond acceptors (Lipinski definition) is 5. The van der Waals surface area contributed by atoms with Gasteiger partial charge in [-0.05, 0) is 48.0 Å².